The highest BCUT2D eigenvalue weighted by molar-refractivity contribution is 7.33. The molecule has 2 heterocycles. The molecule has 2 aromatic heterocycles. The molecule has 0 saturated carbocycles. The predicted molar refractivity (Wildman–Crippen MR) is 66.2 cm³/mol. The zero-order valence-electron chi connectivity index (χ0n) is 8.14. The maximum atomic E-state index is 3.30. The Hall–Kier alpha value is -1.59. The lowest BCUT2D eigenvalue weighted by Crippen LogP contribution is -1.76. The number of H-pyrrole nitrogens is 1. The lowest BCUT2D eigenvalue weighted by molar-refractivity contribution is 1.48. The topological polar surface area (TPSA) is 15.8 Å². The van der Waals surface area contributed by atoms with Crippen LogP contribution in [0.1, 0.15) is 0 Å². The van der Waals surface area contributed by atoms with Crippen LogP contribution in [0.15, 0.2) is 54.5 Å². The fourth-order valence-electron chi connectivity index (χ4n) is 1.82. The van der Waals surface area contributed by atoms with Crippen LogP contribution in [0.3, 0.4) is 0 Å². The van der Waals surface area contributed by atoms with Crippen LogP contribution in [0.5, 0.6) is 0 Å². The van der Waals surface area contributed by atoms with E-state index in [9.17, 15) is 0 Å². The van der Waals surface area contributed by atoms with Gasteiger partial charge in [0.15, 0.2) is 0 Å². The summed E-state index contributed by atoms with van der Waals surface area (Å²) in [6.07, 6.45) is 1.99. The summed E-state index contributed by atoms with van der Waals surface area (Å²) < 4.78 is 0. The molecule has 72 valence electrons. The van der Waals surface area contributed by atoms with Crippen molar-refractivity contribution in [1.82, 2.24) is 4.98 Å². The molecule has 3 rings (SSSR count). The minimum Gasteiger partial charge on any atom is -0.361 e. The number of aromatic nitrogens is 1. The van der Waals surface area contributed by atoms with Crippen LogP contribution >= 0.6 is 8.19 Å². The molecule has 0 radical (unpaired) electrons. The Labute approximate surface area is 89.9 Å². The van der Waals surface area contributed by atoms with Crippen LogP contribution in [-0.4, -0.2) is 4.98 Å². The summed E-state index contributed by atoms with van der Waals surface area (Å²) in [6.45, 7) is 0. The van der Waals surface area contributed by atoms with Crippen LogP contribution < -0.4 is 0 Å². The third kappa shape index (κ3) is 1.45. The Morgan fingerprint density at radius 2 is 1.93 bits per heavy atom. The van der Waals surface area contributed by atoms with Gasteiger partial charge in [0.1, 0.15) is 0 Å². The number of hydrogen-bond donors (Lipinski definition) is 1. The monoisotopic (exact) mass is 211 g/mol. The molecule has 0 bridgehead atoms. The molecule has 0 saturated heterocycles. The Balaban J connectivity index is 2.31. The van der Waals surface area contributed by atoms with Gasteiger partial charge >= 0.3 is 0 Å². The van der Waals surface area contributed by atoms with Gasteiger partial charge in [-0.1, -0.05) is 38.5 Å². The van der Waals surface area contributed by atoms with Crippen LogP contribution in [0, 0.1) is 0 Å². The van der Waals surface area contributed by atoms with Gasteiger partial charge in [0.05, 0.1) is 5.52 Å². The van der Waals surface area contributed by atoms with Crippen molar-refractivity contribution in [2.24, 2.45) is 0 Å². The molecule has 0 aliphatic carbocycles. The highest BCUT2D eigenvalue weighted by atomic mass is 31.0. The highest BCUT2D eigenvalue weighted by Crippen LogP contribution is 2.32. The second-order valence-electron chi connectivity index (χ2n) is 3.46. The second-order valence-corrected chi connectivity index (χ2v) is 4.50. The number of rotatable bonds is 1. The van der Waals surface area contributed by atoms with Crippen molar-refractivity contribution in [3.05, 3.63) is 54.5 Å². The molecule has 1 nitrogen and oxygen atoms in total. The van der Waals surface area contributed by atoms with E-state index in [1.165, 1.54) is 30.0 Å². The molecular weight excluding hydrogens is 201 g/mol. The molecular formula is C13H10NP. The maximum Gasteiger partial charge on any atom is 0.0537 e. The van der Waals surface area contributed by atoms with E-state index >= 15 is 0 Å². The smallest absolute Gasteiger partial charge is 0.0537 e. The van der Waals surface area contributed by atoms with Crippen LogP contribution in [0.2, 0.25) is 0 Å². The normalized spacial score (nSPS) is 11.2. The fourth-order valence-corrected chi connectivity index (χ4v) is 2.66. The van der Waals surface area contributed by atoms with E-state index in [0.717, 1.165) is 0 Å². The summed E-state index contributed by atoms with van der Waals surface area (Å²) in [6, 6.07) is 14.9. The zero-order valence-corrected chi connectivity index (χ0v) is 9.04. The molecule has 0 atom stereocenters. The predicted octanol–water partition coefficient (Wildman–Crippen LogP) is 4.42. The summed E-state index contributed by atoms with van der Waals surface area (Å²) >= 11 is 0. The van der Waals surface area contributed by atoms with Crippen molar-refractivity contribution >= 4 is 19.1 Å². The third-order valence-electron chi connectivity index (χ3n) is 2.53. The number of nitrogens with one attached hydrogen (secondary N) is 1. The van der Waals surface area contributed by atoms with Gasteiger partial charge in [-0.2, -0.15) is 0 Å². The molecule has 0 aliphatic heterocycles. The first kappa shape index (κ1) is 8.70. The van der Waals surface area contributed by atoms with Crippen molar-refractivity contribution in [2.75, 3.05) is 0 Å². The van der Waals surface area contributed by atoms with Gasteiger partial charge in [-0.05, 0) is 17.9 Å². The Morgan fingerprint density at radius 3 is 2.80 bits per heavy atom. The summed E-state index contributed by atoms with van der Waals surface area (Å²) in [5, 5.41) is 2.63. The van der Waals surface area contributed by atoms with E-state index in [2.05, 4.69) is 53.2 Å². The van der Waals surface area contributed by atoms with E-state index in [4.69, 9.17) is 0 Å². The van der Waals surface area contributed by atoms with E-state index in [1.807, 2.05) is 6.20 Å². The first-order valence-corrected chi connectivity index (χ1v) is 5.89. The molecule has 0 fully saturated rings. The maximum absolute atomic E-state index is 3.30. The highest BCUT2D eigenvalue weighted by Gasteiger charge is 2.03. The van der Waals surface area contributed by atoms with Gasteiger partial charge in [-0.3, -0.25) is 0 Å². The van der Waals surface area contributed by atoms with Crippen molar-refractivity contribution in [3.8, 4) is 10.9 Å². The zero-order chi connectivity index (χ0) is 10.1. The van der Waals surface area contributed by atoms with Gasteiger partial charge in [-0.15, -0.1) is 0 Å². The molecule has 0 spiro atoms. The average molecular weight is 211 g/mol. The first-order chi connectivity index (χ1) is 7.45. The minimum absolute atomic E-state index is 1.24. The van der Waals surface area contributed by atoms with Crippen LogP contribution in [-0.2, 0) is 0 Å². The summed E-state index contributed by atoms with van der Waals surface area (Å²) in [5.74, 6) is 2.16. The number of aromatic amines is 1. The number of para-hydroxylation sites is 1. The number of hydrogen-bond acceptors (Lipinski definition) is 0. The molecule has 0 aliphatic rings. The van der Waals surface area contributed by atoms with Crippen molar-refractivity contribution < 1.29 is 0 Å². The number of benzene rings is 1. The minimum atomic E-state index is 1.24. The summed E-state index contributed by atoms with van der Waals surface area (Å²) in [7, 11) is 1.27. The van der Waals surface area contributed by atoms with E-state index in [0.29, 0.717) is 0 Å². The van der Waals surface area contributed by atoms with Gasteiger partial charge in [0.25, 0.3) is 0 Å². The lowest BCUT2D eigenvalue weighted by atomic mass is 10.1. The summed E-state index contributed by atoms with van der Waals surface area (Å²) in [5.41, 5.74) is 2.54. The van der Waals surface area contributed by atoms with Gasteiger partial charge < -0.3 is 4.98 Å². The molecule has 2 heteroatoms. The molecule has 1 N–H and O–H groups in total. The lowest BCUT2D eigenvalue weighted by Gasteiger charge is -2.02. The molecule has 15 heavy (non-hydrogen) atoms. The molecule has 1 aromatic carbocycles. The largest absolute Gasteiger partial charge is 0.361 e. The Kier molecular flexibility index (Phi) is 2.04. The van der Waals surface area contributed by atoms with Gasteiger partial charge in [-0.25, -0.2) is 0 Å². The van der Waals surface area contributed by atoms with Crippen LogP contribution in [0.25, 0.3) is 21.8 Å². The van der Waals surface area contributed by atoms with Crippen molar-refractivity contribution in [1.29, 1.82) is 0 Å². The number of fused-ring (bicyclic) bond motifs is 1. The standard InChI is InChI=1S/C13H10NP/c1-2-9-15-12(6-1)11-5-3-4-10-7-8-14-13(10)11/h1-9,14H. The quantitative estimate of drug-likeness (QED) is 0.613. The Morgan fingerprint density at radius 1 is 0.933 bits per heavy atom. The van der Waals surface area contributed by atoms with Crippen molar-refractivity contribution in [2.45, 2.75) is 0 Å². The second kappa shape index (κ2) is 3.52. The van der Waals surface area contributed by atoms with E-state index in [1.54, 1.807) is 0 Å². The van der Waals surface area contributed by atoms with E-state index < -0.39 is 0 Å². The van der Waals surface area contributed by atoms with Crippen LogP contribution in [0.4, 0.5) is 0 Å². The Bertz CT molecular complexity index is 584. The molecule has 0 amide bonds. The van der Waals surface area contributed by atoms with E-state index in [-0.39, 0.29) is 0 Å². The molecule has 3 aromatic rings. The SMILES string of the molecule is c1ccc(-c2cccc3cc[nH]c23)pc1. The fraction of sp³-hybridized carbons (Fsp3) is 0. The van der Waals surface area contributed by atoms with Gasteiger partial charge in [0, 0.05) is 22.4 Å². The average Bonchev–Trinajstić information content (AvgIpc) is 2.78. The van der Waals surface area contributed by atoms with Crippen molar-refractivity contribution in [3.63, 3.8) is 0 Å². The van der Waals surface area contributed by atoms with Gasteiger partial charge in [0.2, 0.25) is 0 Å². The molecule has 0 unspecified atom stereocenters. The third-order valence-corrected chi connectivity index (χ3v) is 3.52. The summed E-state index contributed by atoms with van der Waals surface area (Å²) in [4.78, 5) is 3.30. The first-order valence-electron chi connectivity index (χ1n) is 4.93.